The average molecular weight is 1090 g/mol. The predicted molar refractivity (Wildman–Crippen MR) is 282 cm³/mol. The standard InChI is InChI=1S/C53H65N13O13/c1-4-28(2)45-52(77)62-39(17-18-44(69)70)47(72)63-42(22-33-25-55-27-58-33)51(76)64-41(21-32-24-54-26-57-32)50(75)60-37(46(71)65-43(53(78)79)20-31-23-56-36-10-6-5-9-35(31)36)11-7-8-12-38(48(73)66-45)61-49(74)40(59-29(3)67)19-30-13-15-34(68)16-14-30/h5-10,13-16,23-28,37-43,45,56,68H,4,11-12,17-22H2,1-3H3,(H,54,57)(H,55,58)(H,59,67)(H,60,75)(H,61,74)(H,62,77)(H,63,72)(H,64,76)(H,65,71)(H,66,73)(H,69,70)(H,78,79)/b8-7+/t28-,37-,38-,39-,40-,41-,42-,43-,45-/m0/s1. The Morgan fingerprint density at radius 3 is 1.90 bits per heavy atom. The smallest absolute Gasteiger partial charge is 0.326 e. The summed E-state index contributed by atoms with van der Waals surface area (Å²) in [5.41, 5.74) is 2.50. The zero-order valence-electron chi connectivity index (χ0n) is 43.5. The summed E-state index contributed by atoms with van der Waals surface area (Å²) in [6.07, 6.45) is 7.47. The molecular weight excluding hydrogens is 1030 g/mol. The van der Waals surface area contributed by atoms with Crippen LogP contribution in [0.15, 0.2) is 91.9 Å². The SMILES string of the molecule is CC[C@H](C)[C@@H]1NC(=O)[C@@H](NC(=O)[C@H](Cc2ccc(O)cc2)NC(C)=O)C/C=C/C[C@@H](C(=O)N[C@@H](Cc2c[nH]c3ccccc23)C(=O)O)NC(=O)[C@H](Cc2cnc[nH]2)NC(=O)[C@H](Cc2cnc[nH]2)NC(=O)[C@H](CCC(=O)O)NC1=O. The van der Waals surface area contributed by atoms with Gasteiger partial charge in [0.15, 0.2) is 0 Å². The number of amides is 8. The number of carboxylic acids is 2. The molecule has 3 aromatic heterocycles. The lowest BCUT2D eigenvalue weighted by Crippen LogP contribution is -2.61. The molecule has 0 fully saturated rings. The first-order chi connectivity index (χ1) is 37.8. The third-order valence-corrected chi connectivity index (χ3v) is 13.3. The Hall–Kier alpha value is -9.36. The number of benzene rings is 2. The van der Waals surface area contributed by atoms with Gasteiger partial charge in [0.05, 0.1) is 12.7 Å². The van der Waals surface area contributed by atoms with Crippen LogP contribution in [0.25, 0.3) is 10.9 Å². The van der Waals surface area contributed by atoms with E-state index in [1.54, 1.807) is 44.3 Å². The number of hydrogen-bond donors (Lipinski definition) is 14. The van der Waals surface area contributed by atoms with Crippen molar-refractivity contribution in [2.75, 3.05) is 0 Å². The van der Waals surface area contributed by atoms with Crippen LogP contribution in [0.1, 0.15) is 75.4 Å². The van der Waals surface area contributed by atoms with Crippen LogP contribution in [0.2, 0.25) is 0 Å². The van der Waals surface area contributed by atoms with Gasteiger partial charge in [0.2, 0.25) is 47.3 Å². The summed E-state index contributed by atoms with van der Waals surface area (Å²) in [5.74, 6) is -10.6. The van der Waals surface area contributed by atoms with E-state index in [0.717, 1.165) is 5.52 Å². The Bertz CT molecular complexity index is 2980. The molecule has 1 aliphatic heterocycles. The normalized spacial score (nSPS) is 21.3. The summed E-state index contributed by atoms with van der Waals surface area (Å²) < 4.78 is 0. The number of aliphatic carboxylic acids is 2. The predicted octanol–water partition coefficient (Wildman–Crippen LogP) is -0.166. The largest absolute Gasteiger partial charge is 0.508 e. The first-order valence-corrected chi connectivity index (χ1v) is 25.5. The topological polar surface area (TPSA) is 401 Å². The van der Waals surface area contributed by atoms with Gasteiger partial charge in [-0.2, -0.15) is 0 Å². The summed E-state index contributed by atoms with van der Waals surface area (Å²) in [5, 5.41) is 51.5. The van der Waals surface area contributed by atoms with Crippen LogP contribution < -0.4 is 42.5 Å². The summed E-state index contributed by atoms with van der Waals surface area (Å²) in [4.78, 5) is 155. The van der Waals surface area contributed by atoms with E-state index in [1.807, 2.05) is 0 Å². The fourth-order valence-electron chi connectivity index (χ4n) is 8.74. The number of para-hydroxylation sites is 1. The lowest BCUT2D eigenvalue weighted by molar-refractivity contribution is -0.142. The molecule has 1 aliphatic rings. The molecule has 5 aromatic rings. The van der Waals surface area contributed by atoms with Crippen LogP contribution in [-0.4, -0.2) is 148 Å². The van der Waals surface area contributed by atoms with Crippen LogP contribution in [-0.2, 0) is 73.6 Å². The maximum Gasteiger partial charge on any atom is 0.326 e. The summed E-state index contributed by atoms with van der Waals surface area (Å²) >= 11 is 0. The molecule has 26 heteroatoms. The van der Waals surface area contributed by atoms with Crippen LogP contribution in [0.3, 0.4) is 0 Å². The molecule has 14 N–H and O–H groups in total. The van der Waals surface area contributed by atoms with E-state index < -0.39 is 126 Å². The fraction of sp³-hybridized carbons (Fsp3) is 0.396. The van der Waals surface area contributed by atoms with Gasteiger partial charge in [-0.05, 0) is 54.5 Å². The third-order valence-electron chi connectivity index (χ3n) is 13.3. The maximum absolute atomic E-state index is 14.6. The number of aromatic nitrogens is 5. The number of hydrogen-bond acceptors (Lipinski definition) is 13. The molecule has 4 heterocycles. The number of aromatic hydroxyl groups is 1. The Balaban J connectivity index is 1.41. The number of carboxylic acid groups (broad SMARTS) is 2. The van der Waals surface area contributed by atoms with Crippen molar-refractivity contribution in [2.45, 2.75) is 127 Å². The van der Waals surface area contributed by atoms with Crippen molar-refractivity contribution in [3.63, 3.8) is 0 Å². The molecular formula is C53H65N13O13. The van der Waals surface area contributed by atoms with Gasteiger partial charge in [0.25, 0.3) is 0 Å². The number of fused-ring (bicyclic) bond motifs is 1. The van der Waals surface area contributed by atoms with Crippen LogP contribution >= 0.6 is 0 Å². The van der Waals surface area contributed by atoms with Gasteiger partial charge in [-0.3, -0.25) is 43.2 Å². The number of phenols is 1. The highest BCUT2D eigenvalue weighted by Crippen LogP contribution is 2.20. The highest BCUT2D eigenvalue weighted by atomic mass is 16.4. The van der Waals surface area contributed by atoms with Crippen molar-refractivity contribution in [1.29, 1.82) is 0 Å². The van der Waals surface area contributed by atoms with Gasteiger partial charge in [-0.1, -0.05) is 62.8 Å². The van der Waals surface area contributed by atoms with Crippen molar-refractivity contribution in [2.24, 2.45) is 5.92 Å². The summed E-state index contributed by atoms with van der Waals surface area (Å²) in [6, 6.07) is 0.968. The van der Waals surface area contributed by atoms with Crippen molar-refractivity contribution in [3.05, 3.63) is 114 Å². The first-order valence-electron chi connectivity index (χ1n) is 25.5. The first kappa shape index (κ1) is 58.9. The molecule has 0 radical (unpaired) electrons. The van der Waals surface area contributed by atoms with Gasteiger partial charge in [0.1, 0.15) is 54.1 Å². The van der Waals surface area contributed by atoms with E-state index in [2.05, 4.69) is 67.5 Å². The van der Waals surface area contributed by atoms with Gasteiger partial charge in [0, 0.05) is 79.9 Å². The van der Waals surface area contributed by atoms with Crippen molar-refractivity contribution in [3.8, 4) is 5.75 Å². The lowest BCUT2D eigenvalue weighted by Gasteiger charge is -2.29. The molecule has 0 saturated carbocycles. The van der Waals surface area contributed by atoms with E-state index in [1.165, 1.54) is 68.4 Å². The molecule has 0 saturated heterocycles. The molecule has 6 rings (SSSR count). The molecule has 0 aliphatic carbocycles. The van der Waals surface area contributed by atoms with E-state index >= 15 is 0 Å². The van der Waals surface area contributed by atoms with Crippen molar-refractivity contribution >= 4 is 70.1 Å². The number of nitrogens with zero attached hydrogens (tertiary/aromatic N) is 2. The number of nitrogens with one attached hydrogen (secondary N) is 11. The number of phenolic OH excluding ortho intramolecular Hbond substituents is 1. The van der Waals surface area contributed by atoms with E-state index in [-0.39, 0.29) is 50.7 Å². The molecule has 79 heavy (non-hydrogen) atoms. The van der Waals surface area contributed by atoms with Crippen molar-refractivity contribution in [1.82, 2.24) is 67.5 Å². The molecule has 420 valence electrons. The minimum Gasteiger partial charge on any atom is -0.508 e. The number of aromatic amines is 3. The molecule has 0 spiro atoms. The second-order valence-electron chi connectivity index (χ2n) is 19.2. The lowest BCUT2D eigenvalue weighted by atomic mass is 9.96. The number of imidazole rings is 2. The van der Waals surface area contributed by atoms with Gasteiger partial charge in [-0.15, -0.1) is 0 Å². The minimum absolute atomic E-state index is 0.0497. The van der Waals surface area contributed by atoms with Gasteiger partial charge >= 0.3 is 11.9 Å². The monoisotopic (exact) mass is 1090 g/mol. The summed E-state index contributed by atoms with van der Waals surface area (Å²) in [7, 11) is 0. The quantitative estimate of drug-likeness (QED) is 0.0478. The fourth-order valence-corrected chi connectivity index (χ4v) is 8.74. The third kappa shape index (κ3) is 17.3. The minimum atomic E-state index is -1.62. The maximum atomic E-state index is 14.6. The van der Waals surface area contributed by atoms with Gasteiger partial charge < -0.3 is 72.8 Å². The molecule has 2 aromatic carbocycles. The Morgan fingerprint density at radius 2 is 1.30 bits per heavy atom. The zero-order chi connectivity index (χ0) is 57.2. The number of rotatable bonds is 19. The number of H-pyrrole nitrogens is 3. The molecule has 8 amide bonds. The number of carbonyl (C=O) groups excluding carboxylic acids is 8. The second-order valence-corrected chi connectivity index (χ2v) is 19.2. The Labute approximate surface area is 452 Å². The average Bonchev–Trinajstić information content (AvgIpc) is 4.23. The van der Waals surface area contributed by atoms with E-state index in [0.29, 0.717) is 27.9 Å². The summed E-state index contributed by atoms with van der Waals surface area (Å²) in [6.45, 7) is 4.54. The van der Waals surface area contributed by atoms with Crippen LogP contribution in [0.4, 0.5) is 0 Å². The molecule has 9 atom stereocenters. The van der Waals surface area contributed by atoms with Crippen LogP contribution in [0, 0.1) is 5.92 Å². The molecule has 0 bridgehead atoms. The highest BCUT2D eigenvalue weighted by Gasteiger charge is 2.37. The molecule has 0 unspecified atom stereocenters. The van der Waals surface area contributed by atoms with Gasteiger partial charge in [-0.25, -0.2) is 14.8 Å². The second kappa shape index (κ2) is 28.1. The Morgan fingerprint density at radius 1 is 0.696 bits per heavy atom. The number of carbonyl (C=O) groups is 10. The highest BCUT2D eigenvalue weighted by molar-refractivity contribution is 5.98. The van der Waals surface area contributed by atoms with E-state index in [9.17, 15) is 63.3 Å². The van der Waals surface area contributed by atoms with Crippen molar-refractivity contribution < 1.29 is 63.3 Å². The molecule has 26 nitrogen and oxygen atoms in total. The zero-order valence-corrected chi connectivity index (χ0v) is 43.5. The van der Waals surface area contributed by atoms with E-state index in [4.69, 9.17) is 0 Å². The Kier molecular flexibility index (Phi) is 21.0. The van der Waals surface area contributed by atoms with Crippen LogP contribution in [0.5, 0.6) is 5.75 Å².